The van der Waals surface area contributed by atoms with Gasteiger partial charge in [-0.25, -0.2) is 4.39 Å². The largest absolute Gasteiger partial charge is 0.346 e. The Balaban J connectivity index is 1.59. The fraction of sp³-hybridized carbons (Fsp3) is 0.0952. The molecule has 2 heterocycles. The van der Waals surface area contributed by atoms with Crippen molar-refractivity contribution in [3.8, 4) is 11.4 Å². The Morgan fingerprint density at radius 3 is 2.52 bits per heavy atom. The number of amides is 1. The molecule has 5 nitrogen and oxygen atoms in total. The molecule has 0 saturated carbocycles. The predicted molar refractivity (Wildman–Crippen MR) is 101 cm³/mol. The minimum absolute atomic E-state index is 0.109. The van der Waals surface area contributed by atoms with E-state index in [0.717, 1.165) is 11.1 Å². The summed E-state index contributed by atoms with van der Waals surface area (Å²) in [5, 5.41) is 11.3. The van der Waals surface area contributed by atoms with Crippen molar-refractivity contribution in [1.29, 1.82) is 0 Å². The lowest BCUT2D eigenvalue weighted by molar-refractivity contribution is 0.0940. The lowest BCUT2D eigenvalue weighted by Crippen LogP contribution is -2.26. The molecule has 2 aromatic heterocycles. The highest BCUT2D eigenvalue weighted by Crippen LogP contribution is 2.20. The zero-order valence-electron chi connectivity index (χ0n) is 14.6. The van der Waals surface area contributed by atoms with Gasteiger partial charge in [-0.2, -0.15) is 0 Å². The molecule has 4 rings (SSSR count). The van der Waals surface area contributed by atoms with E-state index in [1.165, 1.54) is 12.1 Å². The number of benzene rings is 2. The van der Waals surface area contributed by atoms with Gasteiger partial charge in [0.25, 0.3) is 5.91 Å². The van der Waals surface area contributed by atoms with Gasteiger partial charge in [0, 0.05) is 17.3 Å². The maximum Gasteiger partial charge on any atom is 0.251 e. The summed E-state index contributed by atoms with van der Waals surface area (Å²) in [6.07, 6.45) is 1.75. The van der Waals surface area contributed by atoms with E-state index in [2.05, 4.69) is 15.5 Å². The van der Waals surface area contributed by atoms with Crippen molar-refractivity contribution in [2.45, 2.75) is 13.0 Å². The first-order valence-corrected chi connectivity index (χ1v) is 8.58. The van der Waals surface area contributed by atoms with E-state index >= 15 is 0 Å². The molecule has 0 aliphatic carbocycles. The molecule has 134 valence electrons. The second kappa shape index (κ2) is 6.99. The molecule has 0 bridgehead atoms. The minimum atomic E-state index is -0.306. The van der Waals surface area contributed by atoms with Crippen LogP contribution in [0.25, 0.3) is 17.0 Å². The third kappa shape index (κ3) is 3.42. The van der Waals surface area contributed by atoms with Gasteiger partial charge in [0.1, 0.15) is 5.82 Å². The molecule has 0 spiro atoms. The van der Waals surface area contributed by atoms with Gasteiger partial charge < -0.3 is 5.32 Å². The number of rotatable bonds is 4. The van der Waals surface area contributed by atoms with Crippen molar-refractivity contribution in [3.05, 3.63) is 89.9 Å². The number of nitrogens with zero attached hydrogens (tertiary/aromatic N) is 3. The summed E-state index contributed by atoms with van der Waals surface area (Å²) in [6.45, 7) is 1.94. The van der Waals surface area contributed by atoms with Crippen LogP contribution in [0.4, 0.5) is 4.39 Å². The topological polar surface area (TPSA) is 59.3 Å². The molecule has 1 amide bonds. The Kier molecular flexibility index (Phi) is 4.38. The van der Waals surface area contributed by atoms with Crippen molar-refractivity contribution in [3.63, 3.8) is 0 Å². The Morgan fingerprint density at radius 2 is 1.78 bits per heavy atom. The SMILES string of the molecule is CC(NC(=O)c1ccn2c(-c3ccc(F)cc3)nnc2c1)c1ccccc1. The van der Waals surface area contributed by atoms with Crippen LogP contribution in [-0.2, 0) is 0 Å². The highest BCUT2D eigenvalue weighted by Gasteiger charge is 2.14. The number of halogens is 1. The minimum Gasteiger partial charge on any atom is -0.346 e. The van der Waals surface area contributed by atoms with Crippen LogP contribution in [0, 0.1) is 5.82 Å². The normalized spacial score (nSPS) is 12.1. The Labute approximate surface area is 155 Å². The fourth-order valence-corrected chi connectivity index (χ4v) is 2.93. The van der Waals surface area contributed by atoms with Crippen LogP contribution in [-0.4, -0.2) is 20.5 Å². The van der Waals surface area contributed by atoms with Gasteiger partial charge in [-0.05, 0) is 48.9 Å². The van der Waals surface area contributed by atoms with E-state index in [-0.39, 0.29) is 17.8 Å². The quantitative estimate of drug-likeness (QED) is 0.598. The van der Waals surface area contributed by atoms with Crippen molar-refractivity contribution >= 4 is 11.6 Å². The van der Waals surface area contributed by atoms with Crippen LogP contribution in [0.3, 0.4) is 0 Å². The van der Waals surface area contributed by atoms with Gasteiger partial charge in [0.05, 0.1) is 6.04 Å². The summed E-state index contributed by atoms with van der Waals surface area (Å²) >= 11 is 0. The third-order valence-electron chi connectivity index (χ3n) is 4.42. The number of carbonyl (C=O) groups is 1. The smallest absolute Gasteiger partial charge is 0.251 e. The summed E-state index contributed by atoms with van der Waals surface area (Å²) in [6, 6.07) is 19.1. The molecule has 27 heavy (non-hydrogen) atoms. The third-order valence-corrected chi connectivity index (χ3v) is 4.42. The number of hydrogen-bond acceptors (Lipinski definition) is 3. The van der Waals surface area contributed by atoms with Crippen LogP contribution in [0.15, 0.2) is 72.9 Å². The number of hydrogen-bond donors (Lipinski definition) is 1. The van der Waals surface area contributed by atoms with Crippen molar-refractivity contribution in [2.75, 3.05) is 0 Å². The van der Waals surface area contributed by atoms with Crippen LogP contribution in [0.1, 0.15) is 28.9 Å². The molecule has 0 radical (unpaired) electrons. The van der Waals surface area contributed by atoms with Crippen LogP contribution in [0.5, 0.6) is 0 Å². The number of aromatic nitrogens is 3. The summed E-state index contributed by atoms with van der Waals surface area (Å²) in [5.74, 6) is 0.105. The van der Waals surface area contributed by atoms with Crippen LogP contribution >= 0.6 is 0 Å². The molecule has 0 aliphatic heterocycles. The highest BCUT2D eigenvalue weighted by molar-refractivity contribution is 5.95. The zero-order valence-corrected chi connectivity index (χ0v) is 14.6. The van der Waals surface area contributed by atoms with Gasteiger partial charge in [0.2, 0.25) is 0 Å². The van der Waals surface area contributed by atoms with E-state index in [1.54, 1.807) is 34.9 Å². The molecule has 2 aromatic carbocycles. The Hall–Kier alpha value is -3.54. The molecule has 1 atom stereocenters. The van der Waals surface area contributed by atoms with Crippen molar-refractivity contribution < 1.29 is 9.18 Å². The molecular formula is C21H17FN4O. The van der Waals surface area contributed by atoms with Gasteiger partial charge in [-0.1, -0.05) is 30.3 Å². The maximum absolute atomic E-state index is 13.1. The van der Waals surface area contributed by atoms with E-state index in [0.29, 0.717) is 17.0 Å². The van der Waals surface area contributed by atoms with E-state index in [4.69, 9.17) is 0 Å². The zero-order chi connectivity index (χ0) is 18.8. The summed E-state index contributed by atoms with van der Waals surface area (Å²) in [7, 11) is 0. The number of carbonyl (C=O) groups excluding carboxylic acids is 1. The fourth-order valence-electron chi connectivity index (χ4n) is 2.93. The first-order valence-electron chi connectivity index (χ1n) is 8.58. The van der Waals surface area contributed by atoms with E-state index in [1.807, 2.05) is 37.3 Å². The molecule has 4 aromatic rings. The Morgan fingerprint density at radius 1 is 1.04 bits per heavy atom. The van der Waals surface area contributed by atoms with E-state index < -0.39 is 0 Å². The molecule has 6 heteroatoms. The lowest BCUT2D eigenvalue weighted by Gasteiger charge is -2.14. The molecule has 1 unspecified atom stereocenters. The second-order valence-electron chi connectivity index (χ2n) is 6.28. The van der Waals surface area contributed by atoms with Crippen LogP contribution in [0.2, 0.25) is 0 Å². The van der Waals surface area contributed by atoms with Crippen molar-refractivity contribution in [1.82, 2.24) is 19.9 Å². The van der Waals surface area contributed by atoms with Crippen LogP contribution < -0.4 is 5.32 Å². The van der Waals surface area contributed by atoms with Gasteiger partial charge in [-0.15, -0.1) is 10.2 Å². The molecule has 1 N–H and O–H groups in total. The highest BCUT2D eigenvalue weighted by atomic mass is 19.1. The van der Waals surface area contributed by atoms with Gasteiger partial charge in [-0.3, -0.25) is 9.20 Å². The first-order chi connectivity index (χ1) is 13.1. The average Bonchev–Trinajstić information content (AvgIpc) is 3.12. The monoisotopic (exact) mass is 360 g/mol. The number of nitrogens with one attached hydrogen (secondary N) is 1. The number of pyridine rings is 1. The predicted octanol–water partition coefficient (Wildman–Crippen LogP) is 4.03. The lowest BCUT2D eigenvalue weighted by atomic mass is 10.1. The summed E-state index contributed by atoms with van der Waals surface area (Å²) < 4.78 is 14.9. The molecular weight excluding hydrogens is 343 g/mol. The van der Waals surface area contributed by atoms with Crippen molar-refractivity contribution in [2.24, 2.45) is 0 Å². The molecule has 0 saturated heterocycles. The molecule has 0 aliphatic rings. The van der Waals surface area contributed by atoms with Gasteiger partial charge in [0.15, 0.2) is 11.5 Å². The van der Waals surface area contributed by atoms with E-state index in [9.17, 15) is 9.18 Å². The standard InChI is InChI=1S/C21H17FN4O/c1-14(15-5-3-2-4-6-15)23-21(27)17-11-12-26-19(13-17)24-25-20(26)16-7-9-18(22)10-8-16/h2-14H,1H3,(H,23,27). The van der Waals surface area contributed by atoms with Gasteiger partial charge >= 0.3 is 0 Å². The Bertz CT molecular complexity index is 1090. The molecule has 0 fully saturated rings. The average molecular weight is 360 g/mol. The summed E-state index contributed by atoms with van der Waals surface area (Å²) in [4.78, 5) is 12.6. The second-order valence-corrected chi connectivity index (χ2v) is 6.28. The number of fused-ring (bicyclic) bond motifs is 1. The maximum atomic E-state index is 13.1. The summed E-state index contributed by atoms with van der Waals surface area (Å²) in [5.41, 5.74) is 2.84. The first kappa shape index (κ1) is 16.9.